The van der Waals surface area contributed by atoms with E-state index in [0.29, 0.717) is 38.4 Å². The molecule has 0 spiro atoms. The van der Waals surface area contributed by atoms with Crippen LogP contribution in [0.2, 0.25) is 0 Å². The summed E-state index contributed by atoms with van der Waals surface area (Å²) in [5.41, 5.74) is -0.354. The fourth-order valence-electron chi connectivity index (χ4n) is 3.85. The van der Waals surface area contributed by atoms with E-state index in [1.807, 2.05) is 23.6 Å². The minimum atomic E-state index is -4.39. The Morgan fingerprint density at radius 1 is 1.06 bits per heavy atom. The van der Waals surface area contributed by atoms with E-state index in [9.17, 15) is 27.9 Å². The van der Waals surface area contributed by atoms with Crippen LogP contribution in [0.25, 0.3) is 0 Å². The van der Waals surface area contributed by atoms with Crippen molar-refractivity contribution in [3.63, 3.8) is 0 Å². The first-order valence-electron chi connectivity index (χ1n) is 11.0. The first-order valence-corrected chi connectivity index (χ1v) is 11.0. The summed E-state index contributed by atoms with van der Waals surface area (Å²) in [5.74, 6) is -1.08. The Bertz CT molecular complexity index is 990. The maximum absolute atomic E-state index is 13.2. The molecule has 11 heteroatoms. The molecule has 0 bridgehead atoms. The second kappa shape index (κ2) is 10.8. The van der Waals surface area contributed by atoms with Crippen molar-refractivity contribution in [2.75, 3.05) is 31.1 Å². The number of amides is 1. The normalized spacial score (nSPS) is 15.9. The predicted octanol–water partition coefficient (Wildman–Crippen LogP) is 3.05. The summed E-state index contributed by atoms with van der Waals surface area (Å²) < 4.78 is 39.7. The molecule has 184 valence electrons. The second-order valence-corrected chi connectivity index (χ2v) is 8.69. The van der Waals surface area contributed by atoms with E-state index in [1.165, 1.54) is 18.2 Å². The molecular formula is C23H28F3N5O3. The van der Waals surface area contributed by atoms with Crippen molar-refractivity contribution < 1.29 is 27.9 Å². The standard InChI is InChI=1S/C23H28F3N5O3/c1-15(2)13-19(22(33)34)27-21(32)18-7-8-20(29-28-18)31-11-9-30(10-12-31)14-16-5-3-4-6-17(16)23(24,25)26/h3-8,15,19H,9-14H2,1-2H3,(H,27,32)(H,33,34). The zero-order valence-electron chi connectivity index (χ0n) is 19.0. The van der Waals surface area contributed by atoms with Gasteiger partial charge in [-0.25, -0.2) is 4.79 Å². The predicted molar refractivity (Wildman–Crippen MR) is 119 cm³/mol. The number of alkyl halides is 3. The molecule has 0 radical (unpaired) electrons. The fraction of sp³-hybridized carbons (Fsp3) is 0.478. The van der Waals surface area contributed by atoms with Crippen molar-refractivity contribution in [2.45, 2.75) is 39.0 Å². The lowest BCUT2D eigenvalue weighted by Gasteiger charge is -2.35. The first-order chi connectivity index (χ1) is 16.0. The largest absolute Gasteiger partial charge is 0.480 e. The number of carbonyl (C=O) groups is 2. The number of nitrogens with one attached hydrogen (secondary N) is 1. The van der Waals surface area contributed by atoms with Crippen LogP contribution in [0, 0.1) is 5.92 Å². The highest BCUT2D eigenvalue weighted by Crippen LogP contribution is 2.32. The number of anilines is 1. The number of benzene rings is 1. The van der Waals surface area contributed by atoms with Crippen molar-refractivity contribution >= 4 is 17.7 Å². The molecule has 1 unspecified atom stereocenters. The highest BCUT2D eigenvalue weighted by atomic mass is 19.4. The number of carboxylic acid groups (broad SMARTS) is 1. The average molecular weight is 480 g/mol. The lowest BCUT2D eigenvalue weighted by atomic mass is 10.0. The maximum Gasteiger partial charge on any atom is 0.416 e. The minimum Gasteiger partial charge on any atom is -0.480 e. The Morgan fingerprint density at radius 3 is 2.29 bits per heavy atom. The van der Waals surface area contributed by atoms with Crippen LogP contribution in [0.1, 0.15) is 41.9 Å². The zero-order chi connectivity index (χ0) is 24.9. The van der Waals surface area contributed by atoms with Gasteiger partial charge < -0.3 is 15.3 Å². The van der Waals surface area contributed by atoms with E-state index < -0.39 is 29.7 Å². The molecule has 8 nitrogen and oxygen atoms in total. The van der Waals surface area contributed by atoms with Crippen LogP contribution >= 0.6 is 0 Å². The van der Waals surface area contributed by atoms with Gasteiger partial charge in [-0.2, -0.15) is 13.2 Å². The van der Waals surface area contributed by atoms with Crippen LogP contribution in [0.3, 0.4) is 0 Å². The summed E-state index contributed by atoms with van der Waals surface area (Å²) in [6, 6.07) is 7.70. The number of carboxylic acids is 1. The van der Waals surface area contributed by atoms with E-state index >= 15 is 0 Å². The monoisotopic (exact) mass is 479 g/mol. The van der Waals surface area contributed by atoms with E-state index in [1.54, 1.807) is 12.1 Å². The van der Waals surface area contributed by atoms with Crippen molar-refractivity contribution in [1.29, 1.82) is 0 Å². The molecule has 0 aliphatic carbocycles. The smallest absolute Gasteiger partial charge is 0.416 e. The SMILES string of the molecule is CC(C)CC(NC(=O)c1ccc(N2CCN(Cc3ccccc3C(F)(F)F)CC2)nn1)C(=O)O. The molecule has 1 aliphatic heterocycles. The Kier molecular flexibility index (Phi) is 8.08. The summed E-state index contributed by atoms with van der Waals surface area (Å²) in [7, 11) is 0. The van der Waals surface area contributed by atoms with E-state index in [4.69, 9.17) is 0 Å². The molecule has 0 saturated carbocycles. The molecule has 1 aromatic carbocycles. The molecule has 3 rings (SSSR count). The summed E-state index contributed by atoms with van der Waals surface area (Å²) >= 11 is 0. The number of hydrogen-bond donors (Lipinski definition) is 2. The molecule has 2 heterocycles. The number of piperazine rings is 1. The van der Waals surface area contributed by atoms with Gasteiger partial charge >= 0.3 is 12.1 Å². The number of nitrogens with zero attached hydrogens (tertiary/aromatic N) is 4. The molecule has 2 N–H and O–H groups in total. The van der Waals surface area contributed by atoms with Gasteiger partial charge in [-0.05, 0) is 36.1 Å². The highest BCUT2D eigenvalue weighted by Gasteiger charge is 2.33. The maximum atomic E-state index is 13.2. The van der Waals surface area contributed by atoms with Crippen LogP contribution in [0.5, 0.6) is 0 Å². The Morgan fingerprint density at radius 2 is 1.74 bits per heavy atom. The van der Waals surface area contributed by atoms with Crippen LogP contribution < -0.4 is 10.2 Å². The topological polar surface area (TPSA) is 98.7 Å². The first kappa shape index (κ1) is 25.4. The fourth-order valence-corrected chi connectivity index (χ4v) is 3.85. The summed E-state index contributed by atoms with van der Waals surface area (Å²) in [4.78, 5) is 27.6. The van der Waals surface area contributed by atoms with Gasteiger partial charge in [-0.15, -0.1) is 10.2 Å². The second-order valence-electron chi connectivity index (χ2n) is 8.69. The molecule has 1 aliphatic rings. The molecule has 2 aromatic rings. The number of rotatable bonds is 8. The third kappa shape index (κ3) is 6.66. The van der Waals surface area contributed by atoms with Gasteiger partial charge in [0.25, 0.3) is 5.91 Å². The van der Waals surface area contributed by atoms with Crippen molar-refractivity contribution in [2.24, 2.45) is 5.92 Å². The van der Waals surface area contributed by atoms with Gasteiger partial charge in [0, 0.05) is 32.7 Å². The van der Waals surface area contributed by atoms with Gasteiger partial charge in [-0.3, -0.25) is 9.69 Å². The molecule has 1 saturated heterocycles. The summed E-state index contributed by atoms with van der Waals surface area (Å²) in [6.07, 6.45) is -4.09. The van der Waals surface area contributed by atoms with Crippen LogP contribution in [0.15, 0.2) is 36.4 Å². The lowest BCUT2D eigenvalue weighted by molar-refractivity contribution is -0.140. The Balaban J connectivity index is 1.56. The molecule has 34 heavy (non-hydrogen) atoms. The van der Waals surface area contributed by atoms with Gasteiger partial charge in [0.1, 0.15) is 6.04 Å². The van der Waals surface area contributed by atoms with Gasteiger partial charge in [0.2, 0.25) is 0 Å². The van der Waals surface area contributed by atoms with E-state index in [-0.39, 0.29) is 23.7 Å². The number of hydrogen-bond acceptors (Lipinski definition) is 6. The minimum absolute atomic E-state index is 0.0150. The third-order valence-electron chi connectivity index (χ3n) is 5.61. The summed E-state index contributed by atoms with van der Waals surface area (Å²) in [6.45, 7) is 6.12. The van der Waals surface area contributed by atoms with Crippen molar-refractivity contribution in [1.82, 2.24) is 20.4 Å². The lowest BCUT2D eigenvalue weighted by Crippen LogP contribution is -2.46. The molecular weight excluding hydrogens is 451 g/mol. The number of carbonyl (C=O) groups excluding carboxylic acids is 1. The Hall–Kier alpha value is -3.21. The van der Waals surface area contributed by atoms with Crippen molar-refractivity contribution in [3.8, 4) is 0 Å². The molecule has 1 fully saturated rings. The van der Waals surface area contributed by atoms with Gasteiger partial charge in [0.05, 0.1) is 5.56 Å². The molecule has 1 amide bonds. The van der Waals surface area contributed by atoms with Gasteiger partial charge in [0.15, 0.2) is 11.5 Å². The third-order valence-corrected chi connectivity index (χ3v) is 5.61. The quantitative estimate of drug-likeness (QED) is 0.601. The van der Waals surface area contributed by atoms with Crippen molar-refractivity contribution in [3.05, 3.63) is 53.2 Å². The average Bonchev–Trinajstić information content (AvgIpc) is 2.78. The van der Waals surface area contributed by atoms with E-state index in [0.717, 1.165) is 6.07 Å². The number of aromatic nitrogens is 2. The highest BCUT2D eigenvalue weighted by molar-refractivity contribution is 5.94. The molecule has 1 atom stereocenters. The number of aliphatic carboxylic acids is 1. The molecule has 1 aromatic heterocycles. The zero-order valence-corrected chi connectivity index (χ0v) is 19.0. The van der Waals surface area contributed by atoms with Crippen LogP contribution in [0.4, 0.5) is 19.0 Å². The van der Waals surface area contributed by atoms with Crippen LogP contribution in [-0.2, 0) is 17.5 Å². The van der Waals surface area contributed by atoms with Crippen LogP contribution in [-0.4, -0.2) is 64.3 Å². The van der Waals surface area contributed by atoms with Gasteiger partial charge in [-0.1, -0.05) is 32.0 Å². The summed E-state index contributed by atoms with van der Waals surface area (Å²) in [5, 5.41) is 19.8. The Labute approximate surface area is 195 Å². The van der Waals surface area contributed by atoms with E-state index in [2.05, 4.69) is 15.5 Å². The number of halogens is 3.